The summed E-state index contributed by atoms with van der Waals surface area (Å²) in [6.07, 6.45) is 2.45. The Bertz CT molecular complexity index is 527. The van der Waals surface area contributed by atoms with E-state index in [4.69, 9.17) is 0 Å². The van der Waals surface area contributed by atoms with Gasteiger partial charge in [-0.2, -0.15) is 0 Å². The summed E-state index contributed by atoms with van der Waals surface area (Å²) in [5, 5.41) is 3.14. The van der Waals surface area contributed by atoms with Gasteiger partial charge in [0.15, 0.2) is 11.5 Å². The lowest BCUT2D eigenvalue weighted by Crippen LogP contribution is -2.12. The van der Waals surface area contributed by atoms with Gasteiger partial charge in [-0.1, -0.05) is 6.92 Å². The van der Waals surface area contributed by atoms with Crippen molar-refractivity contribution in [2.75, 3.05) is 11.9 Å². The molecule has 0 spiro atoms. The van der Waals surface area contributed by atoms with E-state index in [-0.39, 0.29) is 5.69 Å². The number of fused-ring (bicyclic) bond motifs is 1. The van der Waals surface area contributed by atoms with Crippen LogP contribution in [-0.2, 0) is 7.05 Å². The molecule has 0 aliphatic rings. The SMILES string of the molecule is CCCNc1ncnc2c1[nH]c(=O)n2C. The van der Waals surface area contributed by atoms with Crippen molar-refractivity contribution in [1.29, 1.82) is 0 Å². The van der Waals surface area contributed by atoms with Gasteiger partial charge in [-0.05, 0) is 6.42 Å². The van der Waals surface area contributed by atoms with Crippen LogP contribution in [0.25, 0.3) is 11.2 Å². The number of nitrogens with one attached hydrogen (secondary N) is 2. The fourth-order valence-corrected chi connectivity index (χ4v) is 1.41. The molecule has 0 amide bonds. The molecule has 0 aliphatic heterocycles. The molecule has 0 atom stereocenters. The van der Waals surface area contributed by atoms with E-state index in [2.05, 4.69) is 27.2 Å². The quantitative estimate of drug-likeness (QED) is 0.767. The number of imidazole rings is 1. The first-order valence-electron chi connectivity index (χ1n) is 4.87. The topological polar surface area (TPSA) is 75.6 Å². The zero-order chi connectivity index (χ0) is 10.8. The van der Waals surface area contributed by atoms with E-state index in [1.54, 1.807) is 7.05 Å². The lowest BCUT2D eigenvalue weighted by molar-refractivity contribution is 0.877. The molecule has 0 saturated carbocycles. The van der Waals surface area contributed by atoms with Crippen molar-refractivity contribution in [3.8, 4) is 0 Å². The van der Waals surface area contributed by atoms with E-state index in [0.29, 0.717) is 17.0 Å². The highest BCUT2D eigenvalue weighted by Crippen LogP contribution is 2.13. The molecule has 6 nitrogen and oxygen atoms in total. The summed E-state index contributed by atoms with van der Waals surface area (Å²) in [5.41, 5.74) is 1.11. The molecule has 2 aromatic heterocycles. The number of hydrogen-bond acceptors (Lipinski definition) is 4. The van der Waals surface area contributed by atoms with Crippen molar-refractivity contribution in [2.24, 2.45) is 7.05 Å². The van der Waals surface area contributed by atoms with Crippen LogP contribution >= 0.6 is 0 Å². The summed E-state index contributed by atoms with van der Waals surface area (Å²) in [7, 11) is 1.68. The number of rotatable bonds is 3. The van der Waals surface area contributed by atoms with Crippen LogP contribution in [0.4, 0.5) is 5.82 Å². The van der Waals surface area contributed by atoms with E-state index in [9.17, 15) is 4.79 Å². The van der Waals surface area contributed by atoms with Crippen LogP contribution in [0.15, 0.2) is 11.1 Å². The molecule has 15 heavy (non-hydrogen) atoms. The van der Waals surface area contributed by atoms with Gasteiger partial charge in [0.05, 0.1) is 0 Å². The highest BCUT2D eigenvalue weighted by atomic mass is 16.1. The van der Waals surface area contributed by atoms with Gasteiger partial charge in [0.2, 0.25) is 0 Å². The molecule has 0 radical (unpaired) electrons. The van der Waals surface area contributed by atoms with E-state index in [0.717, 1.165) is 13.0 Å². The number of aromatic nitrogens is 4. The van der Waals surface area contributed by atoms with Gasteiger partial charge in [-0.15, -0.1) is 0 Å². The highest BCUT2D eigenvalue weighted by molar-refractivity contribution is 5.82. The molecule has 80 valence electrons. The molecule has 2 N–H and O–H groups in total. The molecule has 0 bridgehead atoms. The van der Waals surface area contributed by atoms with Gasteiger partial charge in [0, 0.05) is 13.6 Å². The minimum atomic E-state index is -0.176. The molecule has 0 unspecified atom stereocenters. The zero-order valence-corrected chi connectivity index (χ0v) is 8.74. The van der Waals surface area contributed by atoms with Crippen LogP contribution in [0.3, 0.4) is 0 Å². The maximum Gasteiger partial charge on any atom is 0.327 e. The van der Waals surface area contributed by atoms with Gasteiger partial charge in [-0.3, -0.25) is 4.57 Å². The summed E-state index contributed by atoms with van der Waals surface area (Å²) >= 11 is 0. The van der Waals surface area contributed by atoms with Crippen LogP contribution in [0.2, 0.25) is 0 Å². The molecule has 2 aromatic rings. The molecular formula is C9H13N5O. The second-order valence-corrected chi connectivity index (χ2v) is 3.34. The van der Waals surface area contributed by atoms with Gasteiger partial charge < -0.3 is 10.3 Å². The third-order valence-corrected chi connectivity index (χ3v) is 2.22. The molecule has 0 aliphatic carbocycles. The highest BCUT2D eigenvalue weighted by Gasteiger charge is 2.08. The molecule has 0 saturated heterocycles. The maximum absolute atomic E-state index is 11.4. The van der Waals surface area contributed by atoms with Crippen LogP contribution < -0.4 is 11.0 Å². The Hall–Kier alpha value is -1.85. The molecule has 6 heteroatoms. The summed E-state index contributed by atoms with van der Waals surface area (Å²) in [6, 6.07) is 0. The molecule has 2 heterocycles. The monoisotopic (exact) mass is 207 g/mol. The van der Waals surface area contributed by atoms with Crippen molar-refractivity contribution < 1.29 is 0 Å². The molecular weight excluding hydrogens is 194 g/mol. The Morgan fingerprint density at radius 1 is 1.53 bits per heavy atom. The predicted octanol–water partition coefficient (Wildman–Crippen LogP) is 0.478. The van der Waals surface area contributed by atoms with Crippen molar-refractivity contribution in [2.45, 2.75) is 13.3 Å². The van der Waals surface area contributed by atoms with E-state index in [1.807, 2.05) is 0 Å². The summed E-state index contributed by atoms with van der Waals surface area (Å²) in [4.78, 5) is 22.2. The van der Waals surface area contributed by atoms with Crippen LogP contribution in [-0.4, -0.2) is 26.1 Å². The number of aryl methyl sites for hydroxylation is 1. The van der Waals surface area contributed by atoms with Gasteiger partial charge in [0.1, 0.15) is 11.8 Å². The first-order valence-corrected chi connectivity index (χ1v) is 4.87. The zero-order valence-electron chi connectivity index (χ0n) is 8.74. The molecule has 2 rings (SSSR count). The average molecular weight is 207 g/mol. The first kappa shape index (κ1) is 9.70. The summed E-state index contributed by atoms with van der Waals surface area (Å²) < 4.78 is 1.47. The maximum atomic E-state index is 11.4. The summed E-state index contributed by atoms with van der Waals surface area (Å²) in [5.74, 6) is 0.680. The average Bonchev–Trinajstić information content (AvgIpc) is 2.53. The van der Waals surface area contributed by atoms with Gasteiger partial charge >= 0.3 is 5.69 Å². The van der Waals surface area contributed by atoms with E-state index in [1.165, 1.54) is 10.9 Å². The third kappa shape index (κ3) is 1.58. The van der Waals surface area contributed by atoms with E-state index < -0.39 is 0 Å². The molecule has 0 aromatic carbocycles. The van der Waals surface area contributed by atoms with Crippen molar-refractivity contribution in [1.82, 2.24) is 19.5 Å². The Morgan fingerprint density at radius 2 is 2.33 bits per heavy atom. The minimum absolute atomic E-state index is 0.176. The van der Waals surface area contributed by atoms with Crippen LogP contribution in [0, 0.1) is 0 Å². The largest absolute Gasteiger partial charge is 0.368 e. The van der Waals surface area contributed by atoms with Gasteiger partial charge in [-0.25, -0.2) is 14.8 Å². The number of H-pyrrole nitrogens is 1. The van der Waals surface area contributed by atoms with Crippen molar-refractivity contribution in [3.05, 3.63) is 16.8 Å². The smallest absolute Gasteiger partial charge is 0.327 e. The van der Waals surface area contributed by atoms with Crippen molar-refractivity contribution >= 4 is 17.0 Å². The fraction of sp³-hybridized carbons (Fsp3) is 0.444. The summed E-state index contributed by atoms with van der Waals surface area (Å²) in [6.45, 7) is 2.89. The third-order valence-electron chi connectivity index (χ3n) is 2.22. The Labute approximate surface area is 86.4 Å². The van der Waals surface area contributed by atoms with Crippen molar-refractivity contribution in [3.63, 3.8) is 0 Å². The normalized spacial score (nSPS) is 10.8. The lowest BCUT2D eigenvalue weighted by Gasteiger charge is -2.03. The minimum Gasteiger partial charge on any atom is -0.368 e. The number of aromatic amines is 1. The Balaban J connectivity index is 2.56. The number of nitrogens with zero attached hydrogens (tertiary/aromatic N) is 3. The van der Waals surface area contributed by atoms with Crippen LogP contribution in [0.5, 0.6) is 0 Å². The predicted molar refractivity (Wildman–Crippen MR) is 57.9 cm³/mol. The Kier molecular flexibility index (Phi) is 2.40. The fourth-order valence-electron chi connectivity index (χ4n) is 1.41. The van der Waals surface area contributed by atoms with E-state index >= 15 is 0 Å². The number of anilines is 1. The Morgan fingerprint density at radius 3 is 3.07 bits per heavy atom. The first-order chi connectivity index (χ1) is 7.24. The van der Waals surface area contributed by atoms with Gasteiger partial charge in [0.25, 0.3) is 0 Å². The molecule has 0 fully saturated rings. The number of hydrogen-bond donors (Lipinski definition) is 2. The standard InChI is InChI=1S/C9H13N5O/c1-3-4-10-7-6-8(12-5-11-7)14(2)9(15)13-6/h5H,3-4H2,1-2H3,(H,13,15)(H,10,11,12). The second-order valence-electron chi connectivity index (χ2n) is 3.34. The lowest BCUT2D eigenvalue weighted by atomic mass is 10.4. The van der Waals surface area contributed by atoms with Crippen LogP contribution in [0.1, 0.15) is 13.3 Å². The second kappa shape index (κ2) is 3.72.